The molecule has 0 aliphatic rings. The minimum absolute atomic E-state index is 0. The Morgan fingerprint density at radius 3 is 1.55 bits per heavy atom. The van der Waals surface area contributed by atoms with E-state index in [4.69, 9.17) is 0 Å². The van der Waals surface area contributed by atoms with Crippen LogP contribution in [-0.2, 0) is 17.1 Å². The fourth-order valence-electron chi connectivity index (χ4n) is 1.30. The number of hydrogen-bond acceptors (Lipinski definition) is 3. The topological polar surface area (TPSA) is 37.6 Å². The molecule has 0 saturated heterocycles. The molecule has 6 heteroatoms. The second-order valence-electron chi connectivity index (χ2n) is 4.74. The number of aryl methyl sites for hydroxylation is 1. The second kappa shape index (κ2) is 12.3. The molecule has 20 heavy (non-hydrogen) atoms. The quantitative estimate of drug-likeness (QED) is 0.419. The first-order chi connectivity index (χ1) is 7.97. The van der Waals surface area contributed by atoms with E-state index < -0.39 is 0 Å². The van der Waals surface area contributed by atoms with Crippen molar-refractivity contribution < 1.29 is 41.9 Å². The van der Waals surface area contributed by atoms with E-state index in [1.54, 1.807) is 0 Å². The van der Waals surface area contributed by atoms with E-state index in [1.165, 1.54) is 5.56 Å². The summed E-state index contributed by atoms with van der Waals surface area (Å²) in [7, 11) is 0. The van der Waals surface area contributed by atoms with Gasteiger partial charge in [-0.05, 0) is 52.3 Å². The van der Waals surface area contributed by atoms with Gasteiger partial charge in [-0.25, -0.2) is 4.98 Å². The summed E-state index contributed by atoms with van der Waals surface area (Å²) in [5.41, 5.74) is 2.96. The molecular weight excluding hydrogens is 337 g/mol. The number of aromatic nitrogens is 1. The Bertz CT molecular complexity index is 396. The van der Waals surface area contributed by atoms with Crippen LogP contribution in [0, 0.1) is 6.92 Å². The predicted molar refractivity (Wildman–Crippen MR) is 74.4 cm³/mol. The van der Waals surface area contributed by atoms with Crippen molar-refractivity contribution in [1.82, 2.24) is 4.98 Å². The Kier molecular flexibility index (Phi) is 15.2. The minimum Gasteiger partial charge on any atom is -1.00 e. The second-order valence-corrected chi connectivity index (χ2v) is 4.74. The third-order valence-corrected chi connectivity index (χ3v) is 2.02. The van der Waals surface area contributed by atoms with Crippen molar-refractivity contribution in [2.24, 2.45) is 9.98 Å². The summed E-state index contributed by atoms with van der Waals surface area (Å²) in [6.45, 7) is 10.3. The minimum atomic E-state index is 0. The molecule has 3 nitrogen and oxygen atoms in total. The summed E-state index contributed by atoms with van der Waals surface area (Å²) in [5.74, 6) is 0. The van der Waals surface area contributed by atoms with Crippen molar-refractivity contribution in [3.63, 3.8) is 0 Å². The summed E-state index contributed by atoms with van der Waals surface area (Å²) in [6.07, 6.45) is 3.65. The van der Waals surface area contributed by atoms with Crippen LogP contribution in [-0.4, -0.2) is 29.5 Å². The maximum absolute atomic E-state index is 4.48. The number of rotatable bonds is 4. The van der Waals surface area contributed by atoms with E-state index in [0.717, 1.165) is 11.4 Å². The van der Waals surface area contributed by atoms with Crippen LogP contribution >= 0.6 is 0 Å². The van der Waals surface area contributed by atoms with Crippen LogP contribution in [0.2, 0.25) is 0 Å². The Hall–Kier alpha value is -0.411. The summed E-state index contributed by atoms with van der Waals surface area (Å²) in [5, 5.41) is 0. The van der Waals surface area contributed by atoms with Crippen LogP contribution in [0.25, 0.3) is 0 Å². The molecule has 0 aromatic carbocycles. The Morgan fingerprint density at radius 2 is 1.25 bits per heavy atom. The zero-order valence-corrected chi connectivity index (χ0v) is 15.0. The number of halogens is 2. The molecule has 1 aromatic heterocycles. The first-order valence-corrected chi connectivity index (χ1v) is 6.02. The summed E-state index contributed by atoms with van der Waals surface area (Å²) >= 11 is 0. The molecule has 0 radical (unpaired) electrons. The molecule has 0 saturated carbocycles. The van der Waals surface area contributed by atoms with E-state index in [-0.39, 0.29) is 41.9 Å². The van der Waals surface area contributed by atoms with Gasteiger partial charge in [-0.2, -0.15) is 0 Å². The van der Waals surface area contributed by atoms with Crippen LogP contribution in [0.4, 0.5) is 0 Å². The molecule has 0 amide bonds. The fraction of sp³-hybridized carbons (Fsp3) is 0.500. The zero-order chi connectivity index (χ0) is 12.8. The Labute approximate surface area is 145 Å². The molecule has 0 fully saturated rings. The van der Waals surface area contributed by atoms with Crippen LogP contribution in [0.5, 0.6) is 0 Å². The molecule has 0 aliphatic heterocycles. The van der Waals surface area contributed by atoms with E-state index in [1.807, 2.05) is 52.3 Å². The van der Waals surface area contributed by atoms with E-state index in [2.05, 4.69) is 21.9 Å². The molecular formula is C14H21Cl2FeN3. The third-order valence-electron chi connectivity index (χ3n) is 2.02. The van der Waals surface area contributed by atoms with Crippen molar-refractivity contribution in [3.8, 4) is 0 Å². The third kappa shape index (κ3) is 10.4. The summed E-state index contributed by atoms with van der Waals surface area (Å²) in [6, 6.07) is 4.65. The van der Waals surface area contributed by atoms with Gasteiger partial charge in [-0.15, -0.1) is 0 Å². The Morgan fingerprint density at radius 1 is 0.900 bits per heavy atom. The average molecular weight is 358 g/mol. The molecule has 0 spiro atoms. The van der Waals surface area contributed by atoms with Crippen molar-refractivity contribution in [2.75, 3.05) is 0 Å². The van der Waals surface area contributed by atoms with E-state index >= 15 is 0 Å². The fourth-order valence-corrected chi connectivity index (χ4v) is 1.30. The number of pyridine rings is 1. The van der Waals surface area contributed by atoms with Crippen molar-refractivity contribution in [2.45, 2.75) is 46.7 Å². The molecule has 0 N–H and O–H groups in total. The normalized spacial score (nSPS) is 10.6. The molecule has 1 heterocycles. The van der Waals surface area contributed by atoms with Gasteiger partial charge in [0.1, 0.15) is 0 Å². The standard InChI is InChI=1S/C14H21N3.2ClH.Fe/c1-10(2)15-8-13-6-12(5)7-14(17-13)9-16-11(3)4;;;/h6-11H,1-5H3;2*1H;/q;;;+2/p-2. The average Bonchev–Trinajstić information content (AvgIpc) is 2.23. The molecule has 0 aliphatic carbocycles. The smallest absolute Gasteiger partial charge is 1.00 e. The number of hydrogen-bond donors (Lipinski definition) is 0. The monoisotopic (exact) mass is 357 g/mol. The van der Waals surface area contributed by atoms with Gasteiger partial charge in [0.25, 0.3) is 0 Å². The largest absolute Gasteiger partial charge is 2.00 e. The van der Waals surface area contributed by atoms with Gasteiger partial charge >= 0.3 is 17.1 Å². The van der Waals surface area contributed by atoms with Crippen molar-refractivity contribution in [1.29, 1.82) is 0 Å². The van der Waals surface area contributed by atoms with Gasteiger partial charge < -0.3 is 24.8 Å². The molecule has 114 valence electrons. The molecule has 1 rings (SSSR count). The van der Waals surface area contributed by atoms with Crippen LogP contribution in [0.15, 0.2) is 22.1 Å². The molecule has 0 bridgehead atoms. The van der Waals surface area contributed by atoms with Gasteiger partial charge in [0, 0.05) is 24.5 Å². The molecule has 1 aromatic rings. The van der Waals surface area contributed by atoms with Crippen molar-refractivity contribution >= 4 is 12.4 Å². The first kappa shape index (κ1) is 24.6. The summed E-state index contributed by atoms with van der Waals surface area (Å²) in [4.78, 5) is 13.2. The van der Waals surface area contributed by atoms with Crippen LogP contribution in [0.1, 0.15) is 44.6 Å². The number of nitrogens with zero attached hydrogens (tertiary/aromatic N) is 3. The number of aliphatic imine (C=N–C) groups is 2. The first-order valence-electron chi connectivity index (χ1n) is 6.02. The summed E-state index contributed by atoms with van der Waals surface area (Å²) < 4.78 is 0. The van der Waals surface area contributed by atoms with Crippen LogP contribution in [0.3, 0.4) is 0 Å². The maximum Gasteiger partial charge on any atom is 2.00 e. The van der Waals surface area contributed by atoms with Gasteiger partial charge in [0.15, 0.2) is 0 Å². The predicted octanol–water partition coefficient (Wildman–Crippen LogP) is -2.95. The van der Waals surface area contributed by atoms with Gasteiger partial charge in [-0.3, -0.25) is 9.98 Å². The van der Waals surface area contributed by atoms with Crippen LogP contribution < -0.4 is 24.8 Å². The van der Waals surface area contributed by atoms with Gasteiger partial charge in [0.05, 0.1) is 11.4 Å². The molecule has 0 unspecified atom stereocenters. The van der Waals surface area contributed by atoms with Gasteiger partial charge in [0.2, 0.25) is 0 Å². The Balaban J connectivity index is -0.000000963. The van der Waals surface area contributed by atoms with E-state index in [0.29, 0.717) is 12.1 Å². The molecule has 0 atom stereocenters. The van der Waals surface area contributed by atoms with E-state index in [9.17, 15) is 0 Å². The van der Waals surface area contributed by atoms with Crippen molar-refractivity contribution in [3.05, 3.63) is 29.1 Å². The SMILES string of the molecule is Cc1cc(C=NC(C)C)nc(C=NC(C)C)c1.[Cl-].[Cl-].[Fe+2]. The van der Waals surface area contributed by atoms with Gasteiger partial charge in [-0.1, -0.05) is 0 Å². The maximum atomic E-state index is 4.48. The zero-order valence-electron chi connectivity index (χ0n) is 12.4.